The van der Waals surface area contributed by atoms with Gasteiger partial charge in [0, 0.05) is 19.5 Å². The van der Waals surface area contributed by atoms with Gasteiger partial charge in [-0.1, -0.05) is 58.0 Å². The molecule has 1 heterocycles. The number of amides is 1. The number of aliphatic hydroxyl groups excluding tert-OH is 1. The van der Waals surface area contributed by atoms with Gasteiger partial charge in [0.05, 0.1) is 12.1 Å². The number of hydrogen-bond donors (Lipinski definition) is 2. The second-order valence-electron chi connectivity index (χ2n) is 9.73. The van der Waals surface area contributed by atoms with Gasteiger partial charge >= 0.3 is 0 Å². The first kappa shape index (κ1) is 24.9. The molecule has 30 heavy (non-hydrogen) atoms. The number of carbonyl (C=O) groups excluding carboxylic acids is 1. The molecule has 1 saturated heterocycles. The second-order valence-corrected chi connectivity index (χ2v) is 14.5. The van der Waals surface area contributed by atoms with Gasteiger partial charge in [0.25, 0.3) is 6.43 Å². The predicted octanol–water partition coefficient (Wildman–Crippen LogP) is 3.64. The first-order chi connectivity index (χ1) is 13.8. The molecule has 0 unspecified atom stereocenters. The molecule has 170 valence electrons. The lowest BCUT2D eigenvalue weighted by atomic mass is 9.81. The molecule has 1 fully saturated rings. The Labute approximate surface area is 179 Å². The molecule has 5 atom stereocenters. The third-order valence-electron chi connectivity index (χ3n) is 6.68. The Hall–Kier alpha value is -1.35. The highest BCUT2D eigenvalue weighted by Gasteiger charge is 2.55. The quantitative estimate of drug-likeness (QED) is 0.661. The molecule has 0 bridgehead atoms. The van der Waals surface area contributed by atoms with Crippen LogP contribution in [-0.2, 0) is 15.8 Å². The summed E-state index contributed by atoms with van der Waals surface area (Å²) in [5.41, 5.74) is 0.806. The fourth-order valence-corrected chi connectivity index (χ4v) is 5.28. The Bertz CT molecular complexity index is 712. The molecular weight excluding hydrogens is 406 g/mol. The number of carbonyl (C=O) groups is 1. The Kier molecular flexibility index (Phi) is 7.82. The number of piperidine rings is 1. The molecule has 1 aromatic carbocycles. The van der Waals surface area contributed by atoms with Crippen molar-refractivity contribution in [3.8, 4) is 0 Å². The van der Waals surface area contributed by atoms with Gasteiger partial charge in [0.2, 0.25) is 5.91 Å². The fourth-order valence-electron chi connectivity index (χ4n) is 3.89. The number of halogens is 2. The number of rotatable bonds is 6. The van der Waals surface area contributed by atoms with Crippen LogP contribution in [0, 0.1) is 5.92 Å². The number of nitrogens with zero attached hydrogens (tertiary/aromatic N) is 1. The lowest BCUT2D eigenvalue weighted by molar-refractivity contribution is -0.170. The van der Waals surface area contributed by atoms with Crippen molar-refractivity contribution in [3.05, 3.63) is 35.9 Å². The van der Waals surface area contributed by atoms with Crippen molar-refractivity contribution >= 4 is 14.2 Å². The van der Waals surface area contributed by atoms with Crippen LogP contribution in [0.5, 0.6) is 0 Å². The molecule has 0 aliphatic carbocycles. The van der Waals surface area contributed by atoms with Gasteiger partial charge in [-0.15, -0.1) is 0 Å². The summed E-state index contributed by atoms with van der Waals surface area (Å²) in [6.45, 7) is 12.0. The molecule has 0 spiro atoms. The summed E-state index contributed by atoms with van der Waals surface area (Å²) in [6, 6.07) is 6.83. The normalized spacial score (nSPS) is 28.6. The maximum Gasteiger partial charge on any atom is 0.254 e. The van der Waals surface area contributed by atoms with E-state index in [2.05, 4.69) is 26.1 Å². The van der Waals surface area contributed by atoms with Crippen molar-refractivity contribution in [1.82, 2.24) is 10.2 Å². The minimum Gasteiger partial charge on any atom is -0.411 e. The average Bonchev–Trinajstić information content (AvgIpc) is 2.64. The molecule has 0 saturated carbocycles. The van der Waals surface area contributed by atoms with E-state index in [4.69, 9.17) is 4.43 Å². The van der Waals surface area contributed by atoms with Crippen LogP contribution < -0.4 is 5.32 Å². The Morgan fingerprint density at radius 2 is 1.83 bits per heavy atom. The van der Waals surface area contributed by atoms with Crippen molar-refractivity contribution < 1.29 is 23.1 Å². The van der Waals surface area contributed by atoms with Gasteiger partial charge < -0.3 is 14.8 Å². The van der Waals surface area contributed by atoms with Crippen LogP contribution >= 0.6 is 0 Å². The number of likely N-dealkylation sites (tertiary alicyclic amines) is 1. The molecule has 2 N–H and O–H groups in total. The second kappa shape index (κ2) is 9.42. The van der Waals surface area contributed by atoms with Gasteiger partial charge in [0.15, 0.2) is 8.32 Å². The van der Waals surface area contributed by atoms with Crippen molar-refractivity contribution in [2.24, 2.45) is 5.92 Å². The summed E-state index contributed by atoms with van der Waals surface area (Å²) < 4.78 is 35.1. The monoisotopic (exact) mass is 442 g/mol. The smallest absolute Gasteiger partial charge is 0.254 e. The van der Waals surface area contributed by atoms with E-state index in [1.807, 2.05) is 43.4 Å². The SMILES string of the molecule is CNC(=O)[C@@H]1[C@H](O)[C@@H](O[Si](C)(C)C(C)(C)C)[C@H](C)[C@@H](C(F)F)N1Cc1ccccc1. The number of benzene rings is 1. The standard InChI is InChI=1S/C22H36F2N2O3Si/c1-14-16(20(23)24)26(13-15-11-9-8-10-12-15)17(21(28)25-5)18(27)19(14)29-30(6,7)22(2,3)4/h8-12,14,16-20,27H,13H2,1-7H3,(H,25,28)/t14-,16+,17+,18+,19+/m1/s1. The summed E-state index contributed by atoms with van der Waals surface area (Å²) in [5, 5.41) is 13.6. The van der Waals surface area contributed by atoms with Crippen molar-refractivity contribution in [1.29, 1.82) is 0 Å². The first-order valence-corrected chi connectivity index (χ1v) is 13.4. The van der Waals surface area contributed by atoms with Crippen LogP contribution in [0.25, 0.3) is 0 Å². The molecule has 1 aliphatic heterocycles. The van der Waals surface area contributed by atoms with Gasteiger partial charge in [0.1, 0.15) is 12.1 Å². The molecule has 0 radical (unpaired) electrons. The molecule has 1 aliphatic rings. The fraction of sp³-hybridized carbons (Fsp3) is 0.682. The Morgan fingerprint density at radius 1 is 1.27 bits per heavy atom. The van der Waals surface area contributed by atoms with Gasteiger partial charge in [-0.2, -0.15) is 0 Å². The molecule has 1 aromatic rings. The van der Waals surface area contributed by atoms with Crippen molar-refractivity contribution in [3.63, 3.8) is 0 Å². The molecule has 1 amide bonds. The van der Waals surface area contributed by atoms with E-state index in [0.717, 1.165) is 5.56 Å². The van der Waals surface area contributed by atoms with E-state index in [1.165, 1.54) is 11.9 Å². The van der Waals surface area contributed by atoms with E-state index in [0.29, 0.717) is 0 Å². The summed E-state index contributed by atoms with van der Waals surface area (Å²) in [7, 11) is -0.913. The summed E-state index contributed by atoms with van der Waals surface area (Å²) >= 11 is 0. The molecule has 5 nitrogen and oxygen atoms in total. The largest absolute Gasteiger partial charge is 0.411 e. The predicted molar refractivity (Wildman–Crippen MR) is 117 cm³/mol. The maximum absolute atomic E-state index is 14.3. The zero-order valence-corrected chi connectivity index (χ0v) is 20.0. The average molecular weight is 443 g/mol. The first-order valence-electron chi connectivity index (χ1n) is 10.5. The number of alkyl halides is 2. The van der Waals surface area contributed by atoms with E-state index < -0.39 is 50.9 Å². The molecule has 2 rings (SSSR count). The molecule has 8 heteroatoms. The van der Waals surface area contributed by atoms with Crippen molar-refractivity contribution in [2.75, 3.05) is 7.05 Å². The number of aliphatic hydroxyl groups is 1. The van der Waals surface area contributed by atoms with E-state index >= 15 is 0 Å². The topological polar surface area (TPSA) is 61.8 Å². The van der Waals surface area contributed by atoms with Crippen LogP contribution in [0.15, 0.2) is 30.3 Å². The van der Waals surface area contributed by atoms with Crippen LogP contribution in [0.4, 0.5) is 8.78 Å². The van der Waals surface area contributed by atoms with E-state index in [9.17, 15) is 18.7 Å². The lowest BCUT2D eigenvalue weighted by Gasteiger charge is -2.53. The van der Waals surface area contributed by atoms with Crippen LogP contribution in [-0.4, -0.2) is 62.0 Å². The third kappa shape index (κ3) is 5.10. The van der Waals surface area contributed by atoms with E-state index in [1.54, 1.807) is 6.92 Å². The lowest BCUT2D eigenvalue weighted by Crippen LogP contribution is -2.70. The Balaban J connectivity index is 2.48. The zero-order valence-electron chi connectivity index (χ0n) is 19.0. The van der Waals surface area contributed by atoms with Gasteiger partial charge in [-0.25, -0.2) is 8.78 Å². The number of nitrogens with one attached hydrogen (secondary N) is 1. The minimum atomic E-state index is -2.69. The number of likely N-dealkylation sites (N-methyl/N-ethyl adjacent to an activating group) is 1. The zero-order chi connectivity index (χ0) is 22.9. The highest BCUT2D eigenvalue weighted by Crippen LogP contribution is 2.42. The maximum atomic E-state index is 14.3. The molecular formula is C22H36F2N2O3Si. The van der Waals surface area contributed by atoms with Crippen LogP contribution in [0.2, 0.25) is 18.1 Å². The number of hydrogen-bond acceptors (Lipinski definition) is 4. The van der Waals surface area contributed by atoms with Gasteiger partial charge in [-0.05, 0) is 23.7 Å². The van der Waals surface area contributed by atoms with Crippen molar-refractivity contribution in [2.45, 2.75) is 83.1 Å². The highest BCUT2D eigenvalue weighted by atomic mass is 28.4. The highest BCUT2D eigenvalue weighted by molar-refractivity contribution is 6.74. The summed E-state index contributed by atoms with van der Waals surface area (Å²) in [6.07, 6.45) is -4.75. The van der Waals surface area contributed by atoms with Crippen LogP contribution in [0.1, 0.15) is 33.3 Å². The third-order valence-corrected chi connectivity index (χ3v) is 11.1. The Morgan fingerprint density at radius 3 is 2.30 bits per heavy atom. The van der Waals surface area contributed by atoms with E-state index in [-0.39, 0.29) is 11.6 Å². The molecule has 0 aromatic heterocycles. The van der Waals surface area contributed by atoms with Gasteiger partial charge in [-0.3, -0.25) is 9.69 Å². The minimum absolute atomic E-state index is 0.141. The summed E-state index contributed by atoms with van der Waals surface area (Å²) in [5.74, 6) is -1.14. The van der Waals surface area contributed by atoms with Crippen LogP contribution in [0.3, 0.4) is 0 Å². The summed E-state index contributed by atoms with van der Waals surface area (Å²) in [4.78, 5) is 14.2.